The topological polar surface area (TPSA) is 84.1 Å². The molecule has 37 heavy (non-hydrogen) atoms. The smallest absolute Gasteiger partial charge is 0.491 e. The van der Waals surface area contributed by atoms with Gasteiger partial charge in [0.2, 0.25) is 5.88 Å². The van der Waals surface area contributed by atoms with Gasteiger partial charge in [-0.15, -0.1) is 5.10 Å². The summed E-state index contributed by atoms with van der Waals surface area (Å²) < 4.78 is 52.5. The van der Waals surface area contributed by atoms with E-state index in [0.29, 0.717) is 17.0 Å². The van der Waals surface area contributed by atoms with Gasteiger partial charge in [0.05, 0.1) is 31.4 Å². The van der Waals surface area contributed by atoms with E-state index in [9.17, 15) is 18.0 Å². The first-order valence-electron chi connectivity index (χ1n) is 11.4. The van der Waals surface area contributed by atoms with Gasteiger partial charge in [-0.05, 0) is 35.6 Å². The number of imidazole rings is 1. The zero-order valence-corrected chi connectivity index (χ0v) is 21.0. The van der Waals surface area contributed by atoms with Crippen molar-refractivity contribution in [1.29, 1.82) is 0 Å². The van der Waals surface area contributed by atoms with Gasteiger partial charge in [0, 0.05) is 11.8 Å². The molecule has 0 fully saturated rings. The quantitative estimate of drug-likeness (QED) is 0.327. The van der Waals surface area contributed by atoms with E-state index in [4.69, 9.17) is 9.47 Å². The summed E-state index contributed by atoms with van der Waals surface area (Å²) >= 11 is 0. The van der Waals surface area contributed by atoms with Crippen LogP contribution >= 0.6 is 0 Å². The minimum Gasteiger partial charge on any atom is -0.495 e. The molecule has 11 heteroatoms. The Kier molecular flexibility index (Phi) is 6.81. The maximum atomic E-state index is 13.1. The van der Waals surface area contributed by atoms with Crippen LogP contribution in [-0.4, -0.2) is 43.8 Å². The lowest BCUT2D eigenvalue weighted by Gasteiger charge is -2.19. The second-order valence-corrected chi connectivity index (χ2v) is 9.54. The van der Waals surface area contributed by atoms with E-state index in [1.54, 1.807) is 35.3 Å². The van der Waals surface area contributed by atoms with Crippen LogP contribution in [0.1, 0.15) is 37.6 Å². The SMILES string of the molecule is COc1cc(-c2nnn(Cc3ccc(C(C)(C)C)cc3)c2OC(=O)C(F)(F)F)ccc1-n1cnc(C)c1. The molecule has 0 saturated heterocycles. The maximum absolute atomic E-state index is 13.1. The molecule has 4 aromatic rings. The minimum absolute atomic E-state index is 0.0319. The summed E-state index contributed by atoms with van der Waals surface area (Å²) in [5.41, 5.74) is 3.56. The Morgan fingerprint density at radius 3 is 2.32 bits per heavy atom. The van der Waals surface area contributed by atoms with Crippen LogP contribution in [-0.2, 0) is 16.8 Å². The number of esters is 1. The molecular weight excluding hydrogens is 487 g/mol. The Hall–Kier alpha value is -4.15. The van der Waals surface area contributed by atoms with Gasteiger partial charge in [-0.2, -0.15) is 13.2 Å². The molecule has 0 saturated carbocycles. The van der Waals surface area contributed by atoms with Crippen LogP contribution in [0.4, 0.5) is 13.2 Å². The molecule has 2 heterocycles. The number of ether oxygens (including phenoxy) is 2. The molecule has 8 nitrogen and oxygen atoms in total. The van der Waals surface area contributed by atoms with Crippen molar-refractivity contribution in [3.05, 3.63) is 71.8 Å². The monoisotopic (exact) mass is 513 g/mol. The summed E-state index contributed by atoms with van der Waals surface area (Å²) in [7, 11) is 1.47. The molecule has 0 bridgehead atoms. The third-order valence-corrected chi connectivity index (χ3v) is 5.71. The number of aromatic nitrogens is 5. The number of benzene rings is 2. The normalized spacial score (nSPS) is 12.0. The number of rotatable bonds is 6. The average molecular weight is 514 g/mol. The molecule has 0 aliphatic carbocycles. The molecule has 0 atom stereocenters. The minimum atomic E-state index is -5.19. The fourth-order valence-corrected chi connectivity index (χ4v) is 3.71. The molecule has 2 aromatic heterocycles. The summed E-state index contributed by atoms with van der Waals surface area (Å²) in [4.78, 5) is 16.0. The zero-order chi connectivity index (χ0) is 27.0. The molecule has 0 unspecified atom stereocenters. The lowest BCUT2D eigenvalue weighted by molar-refractivity contribution is -0.190. The van der Waals surface area contributed by atoms with Gasteiger partial charge in [-0.3, -0.25) is 0 Å². The first-order valence-corrected chi connectivity index (χ1v) is 11.4. The highest BCUT2D eigenvalue weighted by molar-refractivity contribution is 5.80. The molecule has 4 rings (SSSR count). The predicted molar refractivity (Wildman–Crippen MR) is 130 cm³/mol. The van der Waals surface area contributed by atoms with Crippen LogP contribution in [0.2, 0.25) is 0 Å². The molecule has 0 aliphatic rings. The summed E-state index contributed by atoms with van der Waals surface area (Å²) in [6, 6.07) is 12.5. The predicted octanol–water partition coefficient (Wildman–Crippen LogP) is 5.26. The van der Waals surface area contributed by atoms with E-state index < -0.39 is 18.0 Å². The van der Waals surface area contributed by atoms with Gasteiger partial charge < -0.3 is 14.0 Å². The summed E-state index contributed by atoms with van der Waals surface area (Å²) in [6.07, 6.45) is -1.78. The van der Waals surface area contributed by atoms with Crippen LogP contribution in [0.15, 0.2) is 55.0 Å². The Morgan fingerprint density at radius 1 is 1.05 bits per heavy atom. The third-order valence-electron chi connectivity index (χ3n) is 5.71. The van der Waals surface area contributed by atoms with Crippen molar-refractivity contribution in [2.45, 2.75) is 45.8 Å². The van der Waals surface area contributed by atoms with Crippen molar-refractivity contribution in [1.82, 2.24) is 24.5 Å². The number of methoxy groups -OCH3 is 1. The van der Waals surface area contributed by atoms with Gasteiger partial charge >= 0.3 is 12.1 Å². The van der Waals surface area contributed by atoms with Gasteiger partial charge in [-0.1, -0.05) is 56.3 Å². The van der Waals surface area contributed by atoms with E-state index in [0.717, 1.165) is 21.5 Å². The standard InChI is InChI=1S/C26H26F3N5O3/c1-16-13-33(15-30-16)20-11-8-18(12-21(20)36-5)22-23(37-24(35)26(27,28)29)34(32-31-22)14-17-6-9-19(10-7-17)25(2,3)4/h6-13,15H,14H2,1-5H3. The van der Waals surface area contributed by atoms with Gasteiger partial charge in [0.25, 0.3) is 0 Å². The molecule has 2 aromatic carbocycles. The first kappa shape index (κ1) is 25.9. The van der Waals surface area contributed by atoms with Crippen LogP contribution in [0.5, 0.6) is 11.6 Å². The highest BCUT2D eigenvalue weighted by atomic mass is 19.4. The van der Waals surface area contributed by atoms with E-state index >= 15 is 0 Å². The molecule has 0 radical (unpaired) electrons. The lowest BCUT2D eigenvalue weighted by atomic mass is 9.87. The van der Waals surface area contributed by atoms with Crippen LogP contribution in [0, 0.1) is 6.92 Å². The summed E-state index contributed by atoms with van der Waals surface area (Å²) in [5, 5.41) is 8.05. The number of halogens is 3. The van der Waals surface area contributed by atoms with Crippen LogP contribution in [0.3, 0.4) is 0 Å². The Labute approximate surface area is 211 Å². The van der Waals surface area contributed by atoms with Crippen molar-refractivity contribution in [3.8, 4) is 28.6 Å². The average Bonchev–Trinajstić information content (AvgIpc) is 3.44. The zero-order valence-electron chi connectivity index (χ0n) is 21.0. The fraction of sp³-hybridized carbons (Fsp3) is 0.308. The number of carbonyl (C=O) groups is 1. The van der Waals surface area contributed by atoms with E-state index in [2.05, 4.69) is 36.1 Å². The number of hydrogen-bond donors (Lipinski definition) is 0. The Bertz CT molecular complexity index is 1420. The Balaban J connectivity index is 1.74. The number of carbonyl (C=O) groups excluding carboxylic acids is 1. The summed E-state index contributed by atoms with van der Waals surface area (Å²) in [5.74, 6) is -2.37. The van der Waals surface area contributed by atoms with Crippen molar-refractivity contribution >= 4 is 5.97 Å². The molecule has 194 valence electrons. The number of hydrogen-bond acceptors (Lipinski definition) is 6. The lowest BCUT2D eigenvalue weighted by Crippen LogP contribution is -2.29. The van der Waals surface area contributed by atoms with E-state index in [1.807, 2.05) is 31.2 Å². The summed E-state index contributed by atoms with van der Waals surface area (Å²) in [6.45, 7) is 8.12. The maximum Gasteiger partial charge on any atom is 0.491 e. The second-order valence-electron chi connectivity index (χ2n) is 9.54. The largest absolute Gasteiger partial charge is 0.495 e. The van der Waals surface area contributed by atoms with Crippen molar-refractivity contribution in [2.75, 3.05) is 7.11 Å². The number of nitrogens with zero attached hydrogens (tertiary/aromatic N) is 5. The molecule has 0 amide bonds. The third kappa shape index (κ3) is 5.65. The van der Waals surface area contributed by atoms with E-state index in [1.165, 1.54) is 7.11 Å². The van der Waals surface area contributed by atoms with Gasteiger partial charge in [-0.25, -0.2) is 14.5 Å². The highest BCUT2D eigenvalue weighted by Gasteiger charge is 2.42. The van der Waals surface area contributed by atoms with Crippen molar-refractivity contribution < 1.29 is 27.4 Å². The molecule has 0 N–H and O–H groups in total. The molecular formula is C26H26F3N5O3. The van der Waals surface area contributed by atoms with Gasteiger partial charge in [0.15, 0.2) is 5.69 Å². The van der Waals surface area contributed by atoms with Crippen LogP contribution in [0.25, 0.3) is 16.9 Å². The highest BCUT2D eigenvalue weighted by Crippen LogP contribution is 2.35. The number of alkyl halides is 3. The number of aryl methyl sites for hydroxylation is 1. The van der Waals surface area contributed by atoms with Crippen molar-refractivity contribution in [3.63, 3.8) is 0 Å². The van der Waals surface area contributed by atoms with Crippen molar-refractivity contribution in [2.24, 2.45) is 0 Å². The Morgan fingerprint density at radius 2 is 1.76 bits per heavy atom. The fourth-order valence-electron chi connectivity index (χ4n) is 3.71. The van der Waals surface area contributed by atoms with E-state index in [-0.39, 0.29) is 17.7 Å². The van der Waals surface area contributed by atoms with Crippen LogP contribution < -0.4 is 9.47 Å². The van der Waals surface area contributed by atoms with Gasteiger partial charge in [0.1, 0.15) is 5.75 Å². The molecule has 0 aliphatic heterocycles. The first-order chi connectivity index (χ1) is 17.4. The second kappa shape index (κ2) is 9.72. The molecule has 0 spiro atoms.